The van der Waals surface area contributed by atoms with Gasteiger partial charge in [0.05, 0.1) is 6.42 Å². The van der Waals surface area contributed by atoms with Crippen molar-refractivity contribution in [1.29, 1.82) is 0 Å². The van der Waals surface area contributed by atoms with Gasteiger partial charge in [0, 0.05) is 62.8 Å². The molecule has 0 radical (unpaired) electrons. The largest absolute Gasteiger partial charge is 0.342 e. The molecular formula is C22H26N4O2. The van der Waals surface area contributed by atoms with E-state index in [1.807, 2.05) is 34.1 Å². The Labute approximate surface area is 165 Å². The van der Waals surface area contributed by atoms with Crippen LogP contribution in [0.25, 0.3) is 0 Å². The minimum absolute atomic E-state index is 0.0209. The fraction of sp³-hybridized carbons (Fsp3) is 0.455. The molecule has 6 nitrogen and oxygen atoms in total. The van der Waals surface area contributed by atoms with Crippen molar-refractivity contribution in [2.24, 2.45) is 5.41 Å². The number of piperidine rings is 2. The smallest absolute Gasteiger partial charge is 0.227 e. The van der Waals surface area contributed by atoms with E-state index < -0.39 is 0 Å². The van der Waals surface area contributed by atoms with Gasteiger partial charge < -0.3 is 9.80 Å². The van der Waals surface area contributed by atoms with Crippen LogP contribution in [-0.4, -0.2) is 51.2 Å². The highest BCUT2D eigenvalue weighted by molar-refractivity contribution is 5.79. The van der Waals surface area contributed by atoms with Gasteiger partial charge in [-0.1, -0.05) is 0 Å². The molecule has 1 spiro atoms. The quantitative estimate of drug-likeness (QED) is 0.820. The maximum atomic E-state index is 12.8. The molecule has 0 aromatic carbocycles. The maximum Gasteiger partial charge on any atom is 0.227 e. The molecule has 4 rings (SSSR count). The fourth-order valence-electron chi connectivity index (χ4n) is 4.50. The van der Waals surface area contributed by atoms with Gasteiger partial charge in [-0.2, -0.15) is 0 Å². The number of carbonyl (C=O) groups is 2. The molecule has 0 bridgehead atoms. The van der Waals surface area contributed by atoms with E-state index in [0.29, 0.717) is 19.4 Å². The fourth-order valence-corrected chi connectivity index (χ4v) is 4.50. The number of aromatic nitrogens is 2. The van der Waals surface area contributed by atoms with Crippen LogP contribution in [0.4, 0.5) is 0 Å². The number of nitrogens with zero attached hydrogens (tertiary/aromatic N) is 4. The standard InChI is InChI=1S/C22H26N4O2/c27-20-2-8-22(17-26(20)15-19-5-11-24-12-6-19)7-1-13-25(16-22)21(28)14-18-3-9-23-10-4-18/h3-6,9-12H,1-2,7-8,13-17H2/t22-/m0/s1. The average molecular weight is 378 g/mol. The molecule has 0 unspecified atom stereocenters. The molecule has 28 heavy (non-hydrogen) atoms. The van der Waals surface area contributed by atoms with Gasteiger partial charge in [-0.15, -0.1) is 0 Å². The van der Waals surface area contributed by atoms with Crippen LogP contribution in [0.2, 0.25) is 0 Å². The molecule has 2 aliphatic heterocycles. The van der Waals surface area contributed by atoms with E-state index >= 15 is 0 Å². The second-order valence-corrected chi connectivity index (χ2v) is 8.06. The van der Waals surface area contributed by atoms with E-state index in [9.17, 15) is 9.59 Å². The molecule has 2 amide bonds. The lowest BCUT2D eigenvalue weighted by Crippen LogP contribution is -2.55. The number of hydrogen-bond donors (Lipinski definition) is 0. The number of likely N-dealkylation sites (tertiary alicyclic amines) is 2. The monoisotopic (exact) mass is 378 g/mol. The minimum atomic E-state index is 0.0209. The van der Waals surface area contributed by atoms with Crippen molar-refractivity contribution in [2.75, 3.05) is 19.6 Å². The molecule has 0 aliphatic carbocycles. The Hall–Kier alpha value is -2.76. The summed E-state index contributed by atoms with van der Waals surface area (Å²) in [5.41, 5.74) is 2.12. The third-order valence-corrected chi connectivity index (χ3v) is 5.99. The molecule has 6 heteroatoms. The molecule has 2 aliphatic rings. The summed E-state index contributed by atoms with van der Waals surface area (Å²) in [7, 11) is 0. The van der Waals surface area contributed by atoms with E-state index in [1.165, 1.54) is 0 Å². The number of pyridine rings is 2. The van der Waals surface area contributed by atoms with Gasteiger partial charge >= 0.3 is 0 Å². The van der Waals surface area contributed by atoms with Crippen LogP contribution in [0.5, 0.6) is 0 Å². The van der Waals surface area contributed by atoms with Gasteiger partial charge in [-0.25, -0.2) is 0 Å². The third kappa shape index (κ3) is 4.21. The summed E-state index contributed by atoms with van der Waals surface area (Å²) in [6.45, 7) is 2.91. The number of amides is 2. The molecule has 2 fully saturated rings. The summed E-state index contributed by atoms with van der Waals surface area (Å²) in [5, 5.41) is 0. The number of rotatable bonds is 4. The Kier molecular flexibility index (Phi) is 5.37. The summed E-state index contributed by atoms with van der Waals surface area (Å²) >= 11 is 0. The molecule has 2 saturated heterocycles. The van der Waals surface area contributed by atoms with E-state index in [1.54, 1.807) is 24.8 Å². The highest BCUT2D eigenvalue weighted by Crippen LogP contribution is 2.39. The summed E-state index contributed by atoms with van der Waals surface area (Å²) in [6, 6.07) is 7.71. The Morgan fingerprint density at radius 1 is 0.964 bits per heavy atom. The maximum absolute atomic E-state index is 12.8. The second kappa shape index (κ2) is 8.09. The van der Waals surface area contributed by atoms with Crippen molar-refractivity contribution in [1.82, 2.24) is 19.8 Å². The van der Waals surface area contributed by atoms with E-state index in [-0.39, 0.29) is 17.2 Å². The normalized spacial score (nSPS) is 22.5. The van der Waals surface area contributed by atoms with Crippen LogP contribution in [0.1, 0.15) is 36.8 Å². The van der Waals surface area contributed by atoms with Crippen molar-refractivity contribution in [3.63, 3.8) is 0 Å². The first-order valence-electron chi connectivity index (χ1n) is 9.97. The lowest BCUT2D eigenvalue weighted by molar-refractivity contribution is -0.143. The summed E-state index contributed by atoms with van der Waals surface area (Å²) in [5.74, 6) is 0.380. The summed E-state index contributed by atoms with van der Waals surface area (Å²) in [6.07, 6.45) is 10.9. The van der Waals surface area contributed by atoms with Gasteiger partial charge in [0.1, 0.15) is 0 Å². The van der Waals surface area contributed by atoms with E-state index in [4.69, 9.17) is 0 Å². The predicted octanol–water partition coefficient (Wildman–Crippen LogP) is 2.45. The molecule has 2 aromatic heterocycles. The van der Waals surface area contributed by atoms with Crippen LogP contribution in [0.3, 0.4) is 0 Å². The zero-order valence-electron chi connectivity index (χ0n) is 16.1. The van der Waals surface area contributed by atoms with Gasteiger partial charge in [0.2, 0.25) is 11.8 Å². The van der Waals surface area contributed by atoms with E-state index in [2.05, 4.69) is 9.97 Å². The molecular weight excluding hydrogens is 352 g/mol. The van der Waals surface area contributed by atoms with Crippen molar-refractivity contribution in [3.8, 4) is 0 Å². The van der Waals surface area contributed by atoms with E-state index in [0.717, 1.165) is 50.0 Å². The first kappa shape index (κ1) is 18.6. The van der Waals surface area contributed by atoms with Crippen LogP contribution in [0.15, 0.2) is 49.1 Å². The molecule has 0 saturated carbocycles. The second-order valence-electron chi connectivity index (χ2n) is 8.06. The van der Waals surface area contributed by atoms with Gasteiger partial charge in [-0.05, 0) is 54.7 Å². The SMILES string of the molecule is O=C(Cc1ccncc1)N1CCC[C@]2(CCC(=O)N(Cc3ccncc3)C2)C1. The van der Waals surface area contributed by atoms with Crippen LogP contribution >= 0.6 is 0 Å². The molecule has 2 aromatic rings. The summed E-state index contributed by atoms with van der Waals surface area (Å²) in [4.78, 5) is 37.4. The molecule has 4 heterocycles. The van der Waals surface area contributed by atoms with Crippen molar-refractivity contribution in [3.05, 3.63) is 60.2 Å². The zero-order valence-corrected chi connectivity index (χ0v) is 16.1. The summed E-state index contributed by atoms with van der Waals surface area (Å²) < 4.78 is 0. The topological polar surface area (TPSA) is 66.4 Å². The van der Waals surface area contributed by atoms with Crippen molar-refractivity contribution < 1.29 is 9.59 Å². The Bertz CT molecular complexity index is 827. The molecule has 0 N–H and O–H groups in total. The number of hydrogen-bond acceptors (Lipinski definition) is 4. The first-order valence-corrected chi connectivity index (χ1v) is 9.97. The first-order chi connectivity index (χ1) is 13.6. The highest BCUT2D eigenvalue weighted by Gasteiger charge is 2.42. The Morgan fingerprint density at radius 3 is 2.36 bits per heavy atom. The lowest BCUT2D eigenvalue weighted by Gasteiger charge is -2.48. The van der Waals surface area contributed by atoms with Crippen LogP contribution < -0.4 is 0 Å². The predicted molar refractivity (Wildman–Crippen MR) is 105 cm³/mol. The number of carbonyl (C=O) groups excluding carboxylic acids is 2. The third-order valence-electron chi connectivity index (χ3n) is 5.99. The van der Waals surface area contributed by atoms with Crippen LogP contribution in [-0.2, 0) is 22.6 Å². The van der Waals surface area contributed by atoms with Gasteiger partial charge in [0.25, 0.3) is 0 Å². The molecule has 1 atom stereocenters. The zero-order chi connectivity index (χ0) is 19.4. The van der Waals surface area contributed by atoms with Gasteiger partial charge in [0.15, 0.2) is 0 Å². The van der Waals surface area contributed by atoms with Crippen LogP contribution in [0, 0.1) is 5.41 Å². The Morgan fingerprint density at radius 2 is 1.64 bits per heavy atom. The highest BCUT2D eigenvalue weighted by atomic mass is 16.2. The lowest BCUT2D eigenvalue weighted by atomic mass is 9.73. The molecule has 146 valence electrons. The van der Waals surface area contributed by atoms with Crippen molar-refractivity contribution >= 4 is 11.8 Å². The average Bonchev–Trinajstić information content (AvgIpc) is 2.73. The Balaban J connectivity index is 1.43. The van der Waals surface area contributed by atoms with Crippen molar-refractivity contribution in [2.45, 2.75) is 38.6 Å². The minimum Gasteiger partial charge on any atom is -0.342 e. The van der Waals surface area contributed by atoms with Gasteiger partial charge in [-0.3, -0.25) is 19.6 Å².